The van der Waals surface area contributed by atoms with Gasteiger partial charge in [0.1, 0.15) is 0 Å². The Labute approximate surface area is 107 Å². The molecule has 1 amide bonds. The van der Waals surface area contributed by atoms with Gasteiger partial charge >= 0.3 is 0 Å². The largest absolute Gasteiger partial charge is 0.356 e. The first-order valence-corrected chi connectivity index (χ1v) is 6.41. The number of carbonyl (C=O) groups is 1. The maximum absolute atomic E-state index is 11.7. The molecule has 1 N–H and O–H groups in total. The summed E-state index contributed by atoms with van der Waals surface area (Å²) in [6, 6.07) is 9.77. The Morgan fingerprint density at radius 1 is 1.29 bits per heavy atom. The molecular weight excluding hydrogens is 234 g/mol. The number of amides is 1. The maximum Gasteiger partial charge on any atom is 0.259 e. The Morgan fingerprint density at radius 2 is 1.88 bits per heavy atom. The lowest BCUT2D eigenvalue weighted by molar-refractivity contribution is -0.133. The Morgan fingerprint density at radius 3 is 2.35 bits per heavy atom. The van der Waals surface area contributed by atoms with Crippen LogP contribution >= 0.6 is 11.8 Å². The number of benzene rings is 1. The zero-order valence-electron chi connectivity index (χ0n) is 10.7. The second kappa shape index (κ2) is 6.07. The summed E-state index contributed by atoms with van der Waals surface area (Å²) in [5.41, 5.74) is -0.874. The van der Waals surface area contributed by atoms with Crippen LogP contribution in [0.5, 0.6) is 0 Å². The minimum atomic E-state index is -0.526. The molecule has 0 heterocycles. The van der Waals surface area contributed by atoms with Crippen molar-refractivity contribution in [1.82, 2.24) is 5.32 Å². The number of nitrogens with one attached hydrogen (secondary N) is 1. The highest BCUT2D eigenvalue weighted by Gasteiger charge is 2.25. The van der Waals surface area contributed by atoms with Crippen molar-refractivity contribution in [3.8, 4) is 0 Å². The zero-order valence-corrected chi connectivity index (χ0v) is 11.5. The molecule has 0 radical (unpaired) electrons. The normalized spacial score (nSPS) is 13.2. The van der Waals surface area contributed by atoms with Crippen molar-refractivity contribution in [3.63, 3.8) is 0 Å². The van der Waals surface area contributed by atoms with Gasteiger partial charge in [0.2, 0.25) is 0 Å². The lowest BCUT2D eigenvalue weighted by Crippen LogP contribution is -2.37. The van der Waals surface area contributed by atoms with Crippen LogP contribution < -0.4 is 5.32 Å². The van der Waals surface area contributed by atoms with Crippen LogP contribution in [-0.2, 0) is 9.53 Å². The van der Waals surface area contributed by atoms with Gasteiger partial charge in [0.15, 0.2) is 5.44 Å². The molecule has 1 rings (SSSR count). The van der Waals surface area contributed by atoms with Gasteiger partial charge in [0.25, 0.3) is 5.91 Å². The third-order valence-electron chi connectivity index (χ3n) is 1.91. The van der Waals surface area contributed by atoms with Crippen molar-refractivity contribution in [2.45, 2.75) is 36.7 Å². The van der Waals surface area contributed by atoms with Gasteiger partial charge in [0, 0.05) is 11.9 Å². The molecule has 0 saturated carbocycles. The highest BCUT2D eigenvalue weighted by atomic mass is 32.2. The second-order valence-corrected chi connectivity index (χ2v) is 5.74. The smallest absolute Gasteiger partial charge is 0.259 e. The van der Waals surface area contributed by atoms with Crippen molar-refractivity contribution >= 4 is 17.7 Å². The van der Waals surface area contributed by atoms with E-state index in [1.165, 1.54) is 11.8 Å². The molecule has 0 fully saturated rings. The summed E-state index contributed by atoms with van der Waals surface area (Å²) >= 11 is 1.41. The predicted molar refractivity (Wildman–Crippen MR) is 71.0 cm³/mol. The molecule has 0 aliphatic carbocycles. The lowest BCUT2D eigenvalue weighted by Gasteiger charge is -2.25. The first-order valence-electron chi connectivity index (χ1n) is 5.53. The standard InChI is InChI=1S/C13H19NO2S/c1-13(2,3)16-12(11(15)14-4)17-10-8-6-5-7-9-10/h5-9,12H,1-4H3,(H,14,15). The minimum absolute atomic E-state index is 0.117. The molecular formula is C13H19NO2S. The highest BCUT2D eigenvalue weighted by molar-refractivity contribution is 8.00. The average molecular weight is 253 g/mol. The molecule has 0 aromatic heterocycles. The molecule has 94 valence electrons. The second-order valence-electron chi connectivity index (χ2n) is 4.61. The van der Waals surface area contributed by atoms with E-state index in [0.717, 1.165) is 4.90 Å². The van der Waals surface area contributed by atoms with E-state index >= 15 is 0 Å². The molecule has 0 spiro atoms. The molecule has 0 saturated heterocycles. The molecule has 17 heavy (non-hydrogen) atoms. The summed E-state index contributed by atoms with van der Waals surface area (Å²) in [7, 11) is 1.62. The van der Waals surface area contributed by atoms with E-state index in [9.17, 15) is 4.79 Å². The fourth-order valence-corrected chi connectivity index (χ4v) is 2.32. The first-order chi connectivity index (χ1) is 7.92. The van der Waals surface area contributed by atoms with E-state index in [1.54, 1.807) is 7.05 Å². The first kappa shape index (κ1) is 14.1. The molecule has 0 aliphatic rings. The van der Waals surface area contributed by atoms with E-state index in [1.807, 2.05) is 51.1 Å². The van der Waals surface area contributed by atoms with Gasteiger partial charge in [-0.2, -0.15) is 0 Å². The fourth-order valence-electron chi connectivity index (χ4n) is 1.19. The van der Waals surface area contributed by atoms with E-state index in [0.29, 0.717) is 0 Å². The number of ether oxygens (including phenoxy) is 1. The van der Waals surface area contributed by atoms with E-state index in [2.05, 4.69) is 5.32 Å². The van der Waals surface area contributed by atoms with Crippen LogP contribution in [-0.4, -0.2) is 24.0 Å². The molecule has 1 unspecified atom stereocenters. The van der Waals surface area contributed by atoms with Crippen LogP contribution in [0.3, 0.4) is 0 Å². The quantitative estimate of drug-likeness (QED) is 0.662. The average Bonchev–Trinajstić information content (AvgIpc) is 2.27. The molecule has 1 aromatic rings. The van der Waals surface area contributed by atoms with E-state index in [-0.39, 0.29) is 11.5 Å². The fraction of sp³-hybridized carbons (Fsp3) is 0.462. The molecule has 1 atom stereocenters. The summed E-state index contributed by atoms with van der Waals surface area (Å²) in [6.07, 6.45) is 0. The Bertz CT molecular complexity index is 359. The molecule has 4 heteroatoms. The Hall–Kier alpha value is -1.00. The minimum Gasteiger partial charge on any atom is -0.356 e. The SMILES string of the molecule is CNC(=O)C(OC(C)(C)C)Sc1ccccc1. The van der Waals surface area contributed by atoms with Crippen molar-refractivity contribution in [2.75, 3.05) is 7.05 Å². The van der Waals surface area contributed by atoms with Crippen molar-refractivity contribution in [1.29, 1.82) is 0 Å². The van der Waals surface area contributed by atoms with Gasteiger partial charge in [-0.15, -0.1) is 0 Å². The monoisotopic (exact) mass is 253 g/mol. The van der Waals surface area contributed by atoms with Gasteiger partial charge in [-0.25, -0.2) is 0 Å². The lowest BCUT2D eigenvalue weighted by atomic mass is 10.2. The Kier molecular flexibility index (Phi) is 5.02. The molecule has 0 bridgehead atoms. The molecule has 3 nitrogen and oxygen atoms in total. The number of thioether (sulfide) groups is 1. The number of likely N-dealkylation sites (N-methyl/N-ethyl adjacent to an activating group) is 1. The zero-order chi connectivity index (χ0) is 12.9. The van der Waals surface area contributed by atoms with Gasteiger partial charge < -0.3 is 10.1 Å². The van der Waals surface area contributed by atoms with Crippen LogP contribution in [0.15, 0.2) is 35.2 Å². The summed E-state index contributed by atoms with van der Waals surface area (Å²) in [5, 5.41) is 2.62. The van der Waals surface area contributed by atoms with Gasteiger partial charge in [-0.3, -0.25) is 4.79 Å². The van der Waals surface area contributed by atoms with Crippen LogP contribution in [0.25, 0.3) is 0 Å². The number of hydrogen-bond donors (Lipinski definition) is 1. The topological polar surface area (TPSA) is 38.3 Å². The Balaban J connectivity index is 2.74. The van der Waals surface area contributed by atoms with E-state index < -0.39 is 5.44 Å². The third kappa shape index (κ3) is 5.24. The number of carbonyl (C=O) groups excluding carboxylic acids is 1. The van der Waals surface area contributed by atoms with Crippen molar-refractivity contribution in [2.24, 2.45) is 0 Å². The summed E-state index contributed by atoms with van der Waals surface area (Å²) < 4.78 is 5.75. The van der Waals surface area contributed by atoms with Crippen LogP contribution in [0.2, 0.25) is 0 Å². The highest BCUT2D eigenvalue weighted by Crippen LogP contribution is 2.27. The van der Waals surface area contributed by atoms with E-state index in [4.69, 9.17) is 4.74 Å². The third-order valence-corrected chi connectivity index (χ3v) is 2.98. The van der Waals surface area contributed by atoms with Crippen LogP contribution in [0.1, 0.15) is 20.8 Å². The summed E-state index contributed by atoms with van der Waals surface area (Å²) in [4.78, 5) is 12.8. The van der Waals surface area contributed by atoms with Gasteiger partial charge in [-0.05, 0) is 32.9 Å². The van der Waals surface area contributed by atoms with Gasteiger partial charge in [0.05, 0.1) is 5.60 Å². The maximum atomic E-state index is 11.7. The summed E-state index contributed by atoms with van der Waals surface area (Å²) in [6.45, 7) is 5.82. The predicted octanol–water partition coefficient (Wildman–Crippen LogP) is 2.67. The van der Waals surface area contributed by atoms with Crippen LogP contribution in [0, 0.1) is 0 Å². The summed E-state index contributed by atoms with van der Waals surface area (Å²) in [5.74, 6) is -0.117. The van der Waals surface area contributed by atoms with Crippen LogP contribution in [0.4, 0.5) is 0 Å². The molecule has 0 aliphatic heterocycles. The van der Waals surface area contributed by atoms with Crippen molar-refractivity contribution in [3.05, 3.63) is 30.3 Å². The number of hydrogen-bond acceptors (Lipinski definition) is 3. The molecule has 1 aromatic carbocycles. The van der Waals surface area contributed by atoms with Crippen molar-refractivity contribution < 1.29 is 9.53 Å². The van der Waals surface area contributed by atoms with Gasteiger partial charge in [-0.1, -0.05) is 30.0 Å². The number of rotatable bonds is 4.